The number of carbonyl (C=O) groups excluding carboxylic acids is 1. The van der Waals surface area contributed by atoms with Crippen LogP contribution in [-0.2, 0) is 0 Å². The number of aliphatic hydroxyl groups is 1. The zero-order valence-electron chi connectivity index (χ0n) is 15.0. The summed E-state index contributed by atoms with van der Waals surface area (Å²) in [5.41, 5.74) is 1.67. The van der Waals surface area contributed by atoms with E-state index in [1.807, 2.05) is 30.0 Å². The minimum atomic E-state index is -0.445. The molecule has 0 spiro atoms. The number of fused-ring (bicyclic) bond motifs is 2. The summed E-state index contributed by atoms with van der Waals surface area (Å²) in [6, 6.07) is 5.70. The topological polar surface area (TPSA) is 84.1 Å². The quantitative estimate of drug-likeness (QED) is 0.734. The van der Waals surface area contributed by atoms with Gasteiger partial charge in [0.2, 0.25) is 0 Å². The van der Waals surface area contributed by atoms with E-state index in [4.69, 9.17) is 0 Å². The molecule has 5 rings (SSSR count). The maximum Gasteiger partial charge on any atom is 0.253 e. The Balaban J connectivity index is 1.34. The molecule has 2 fully saturated rings. The zero-order chi connectivity index (χ0) is 18.5. The number of thiazole rings is 1. The van der Waals surface area contributed by atoms with E-state index >= 15 is 0 Å². The SMILES string of the molecule is Cc1nc2ccc(C(=O)N3C[C@H]4C[C@@H](n5cncn5)[C@H](O)C[C@H]4C3)cc2s1. The summed E-state index contributed by atoms with van der Waals surface area (Å²) in [4.78, 5) is 23.5. The number of hydrogen-bond donors (Lipinski definition) is 1. The molecule has 0 radical (unpaired) electrons. The smallest absolute Gasteiger partial charge is 0.253 e. The lowest BCUT2D eigenvalue weighted by Crippen LogP contribution is -2.36. The Morgan fingerprint density at radius 1 is 1.26 bits per heavy atom. The number of amides is 1. The molecule has 2 aliphatic rings. The minimum Gasteiger partial charge on any atom is -0.391 e. The Morgan fingerprint density at radius 3 is 2.85 bits per heavy atom. The molecule has 140 valence electrons. The second-order valence-corrected chi connectivity index (χ2v) is 8.86. The van der Waals surface area contributed by atoms with Gasteiger partial charge in [0.15, 0.2) is 0 Å². The number of aryl methyl sites for hydroxylation is 1. The molecule has 1 N–H and O–H groups in total. The molecule has 1 saturated heterocycles. The van der Waals surface area contributed by atoms with Gasteiger partial charge in [-0.2, -0.15) is 5.10 Å². The van der Waals surface area contributed by atoms with E-state index < -0.39 is 6.10 Å². The predicted octanol–water partition coefficient (Wildman–Crippen LogP) is 2.28. The largest absolute Gasteiger partial charge is 0.391 e. The highest BCUT2D eigenvalue weighted by molar-refractivity contribution is 7.18. The highest BCUT2D eigenvalue weighted by Crippen LogP contribution is 2.41. The monoisotopic (exact) mass is 383 g/mol. The van der Waals surface area contributed by atoms with Crippen LogP contribution in [0, 0.1) is 18.8 Å². The first-order valence-corrected chi connectivity index (χ1v) is 10.1. The summed E-state index contributed by atoms with van der Waals surface area (Å²) >= 11 is 1.61. The molecular weight excluding hydrogens is 362 g/mol. The van der Waals surface area contributed by atoms with Crippen LogP contribution in [0.4, 0.5) is 0 Å². The highest BCUT2D eigenvalue weighted by Gasteiger charge is 2.43. The van der Waals surface area contributed by atoms with Gasteiger partial charge in [-0.1, -0.05) is 0 Å². The van der Waals surface area contributed by atoms with E-state index in [9.17, 15) is 9.90 Å². The van der Waals surface area contributed by atoms with E-state index in [0.29, 0.717) is 24.8 Å². The van der Waals surface area contributed by atoms with Crippen molar-refractivity contribution in [2.24, 2.45) is 11.8 Å². The zero-order valence-corrected chi connectivity index (χ0v) is 15.8. The van der Waals surface area contributed by atoms with Crippen molar-refractivity contribution in [2.75, 3.05) is 13.1 Å². The minimum absolute atomic E-state index is 0.0553. The summed E-state index contributed by atoms with van der Waals surface area (Å²) in [5, 5.41) is 15.8. The second kappa shape index (κ2) is 6.38. The molecule has 0 unspecified atom stereocenters. The van der Waals surface area contributed by atoms with E-state index in [1.165, 1.54) is 6.33 Å². The fraction of sp³-hybridized carbons (Fsp3) is 0.474. The number of nitrogens with zero attached hydrogens (tertiary/aromatic N) is 5. The third kappa shape index (κ3) is 2.93. The van der Waals surface area contributed by atoms with Crippen molar-refractivity contribution in [3.63, 3.8) is 0 Å². The Hall–Kier alpha value is -2.32. The Labute approximate surface area is 160 Å². The molecule has 4 atom stereocenters. The van der Waals surface area contributed by atoms with Crippen LogP contribution in [0.2, 0.25) is 0 Å². The molecule has 27 heavy (non-hydrogen) atoms. The fourth-order valence-corrected chi connectivity index (χ4v) is 5.47. The summed E-state index contributed by atoms with van der Waals surface area (Å²) < 4.78 is 2.81. The number of likely N-dealkylation sites (tertiary alicyclic amines) is 1. The second-order valence-electron chi connectivity index (χ2n) is 7.63. The number of hydrogen-bond acceptors (Lipinski definition) is 6. The molecule has 1 aromatic carbocycles. The first-order valence-electron chi connectivity index (χ1n) is 9.27. The molecule has 2 aromatic heterocycles. The maximum atomic E-state index is 13.1. The molecule has 3 aromatic rings. The first-order chi connectivity index (χ1) is 13.1. The van der Waals surface area contributed by atoms with Gasteiger partial charge in [0.1, 0.15) is 12.7 Å². The van der Waals surface area contributed by atoms with E-state index in [-0.39, 0.29) is 11.9 Å². The average Bonchev–Trinajstić information content (AvgIpc) is 3.37. The van der Waals surface area contributed by atoms with Crippen molar-refractivity contribution < 1.29 is 9.90 Å². The normalized spacial score (nSPS) is 27.9. The van der Waals surface area contributed by atoms with Gasteiger partial charge >= 0.3 is 0 Å². The van der Waals surface area contributed by atoms with Crippen molar-refractivity contribution in [3.8, 4) is 0 Å². The molecule has 1 amide bonds. The van der Waals surface area contributed by atoms with Gasteiger partial charge in [-0.15, -0.1) is 11.3 Å². The summed E-state index contributed by atoms with van der Waals surface area (Å²) in [6.45, 7) is 3.43. The highest BCUT2D eigenvalue weighted by atomic mass is 32.1. The van der Waals surface area contributed by atoms with E-state index in [0.717, 1.165) is 33.8 Å². The van der Waals surface area contributed by atoms with Crippen molar-refractivity contribution in [3.05, 3.63) is 41.4 Å². The number of benzene rings is 1. The van der Waals surface area contributed by atoms with Crippen LogP contribution >= 0.6 is 11.3 Å². The molecular formula is C19H21N5O2S. The number of rotatable bonds is 2. The van der Waals surface area contributed by atoms with Gasteiger partial charge in [0.25, 0.3) is 5.91 Å². The van der Waals surface area contributed by atoms with E-state index in [1.54, 1.807) is 22.3 Å². The van der Waals surface area contributed by atoms with Gasteiger partial charge in [0, 0.05) is 18.7 Å². The fourth-order valence-electron chi connectivity index (χ4n) is 4.60. The van der Waals surface area contributed by atoms with Gasteiger partial charge in [-0.05, 0) is 49.8 Å². The molecule has 1 aliphatic heterocycles. The van der Waals surface area contributed by atoms with Gasteiger partial charge in [-0.3, -0.25) is 4.79 Å². The molecule has 7 nitrogen and oxygen atoms in total. The van der Waals surface area contributed by atoms with Crippen LogP contribution in [0.1, 0.15) is 34.2 Å². The van der Waals surface area contributed by atoms with Crippen molar-refractivity contribution >= 4 is 27.5 Å². The first kappa shape index (κ1) is 16.8. The van der Waals surface area contributed by atoms with Crippen molar-refractivity contribution in [1.29, 1.82) is 0 Å². The van der Waals surface area contributed by atoms with Crippen LogP contribution in [0.3, 0.4) is 0 Å². The maximum absolute atomic E-state index is 13.1. The van der Waals surface area contributed by atoms with Crippen LogP contribution < -0.4 is 0 Å². The molecule has 1 saturated carbocycles. The van der Waals surface area contributed by atoms with Crippen molar-refractivity contribution in [1.82, 2.24) is 24.6 Å². The number of aliphatic hydroxyl groups excluding tert-OH is 1. The van der Waals surface area contributed by atoms with Crippen LogP contribution in [0.5, 0.6) is 0 Å². The molecule has 0 bridgehead atoms. The molecule has 1 aliphatic carbocycles. The number of carbonyl (C=O) groups is 1. The average molecular weight is 383 g/mol. The lowest BCUT2D eigenvalue weighted by Gasteiger charge is -2.34. The van der Waals surface area contributed by atoms with Gasteiger partial charge < -0.3 is 10.0 Å². The lowest BCUT2D eigenvalue weighted by atomic mass is 9.77. The summed E-state index contributed by atoms with van der Waals surface area (Å²) in [7, 11) is 0. The molecule has 8 heteroatoms. The van der Waals surface area contributed by atoms with Crippen LogP contribution in [0.15, 0.2) is 30.9 Å². The van der Waals surface area contributed by atoms with E-state index in [2.05, 4.69) is 15.1 Å². The van der Waals surface area contributed by atoms with Crippen LogP contribution in [0.25, 0.3) is 10.2 Å². The number of aromatic nitrogens is 4. The third-order valence-electron chi connectivity index (χ3n) is 5.92. The van der Waals surface area contributed by atoms with Gasteiger partial charge in [-0.25, -0.2) is 14.6 Å². The van der Waals surface area contributed by atoms with Gasteiger partial charge in [0.05, 0.1) is 27.4 Å². The lowest BCUT2D eigenvalue weighted by molar-refractivity contribution is 0.0304. The standard InChI is InChI=1S/C19H21N5O2S/c1-11-22-15-3-2-12(6-18(15)27-11)19(26)23-7-13-4-16(24-10-20-9-21-24)17(25)5-14(13)8-23/h2-3,6,9-10,13-14,16-17,25H,4-5,7-8H2,1H3/t13-,14+,16-,17-/m1/s1. The molecule has 3 heterocycles. The Bertz CT molecular complexity index is 985. The van der Waals surface area contributed by atoms with Crippen molar-refractivity contribution in [2.45, 2.75) is 31.9 Å². The Kier molecular flexibility index (Phi) is 3.98. The summed E-state index contributed by atoms with van der Waals surface area (Å²) in [5.74, 6) is 0.809. The summed E-state index contributed by atoms with van der Waals surface area (Å²) in [6.07, 6.45) is 4.25. The predicted molar refractivity (Wildman–Crippen MR) is 102 cm³/mol. The third-order valence-corrected chi connectivity index (χ3v) is 6.85. The van der Waals surface area contributed by atoms with Crippen LogP contribution in [-0.4, -0.2) is 54.9 Å². The Morgan fingerprint density at radius 2 is 2.07 bits per heavy atom.